The number of alkyl halides is 3. The third kappa shape index (κ3) is 4.20. The summed E-state index contributed by atoms with van der Waals surface area (Å²) in [6, 6.07) is 5.84. The summed E-state index contributed by atoms with van der Waals surface area (Å²) in [6.07, 6.45) is -4.47. The van der Waals surface area contributed by atoms with E-state index in [0.717, 1.165) is 6.07 Å². The first-order chi connectivity index (χ1) is 17.5. The SMILES string of the molecule is [C-]#[N+]c1c(OC2CC2C(F)(F)F)cc(Cl)c(F)c1-c1c(-c2ccc3c(=O)[nH]nc(CN)c3c2)cnn1C. The Bertz CT molecular complexity index is 1660. The van der Waals surface area contributed by atoms with Crippen LogP contribution in [0.4, 0.5) is 23.2 Å². The fourth-order valence-electron chi connectivity index (χ4n) is 4.31. The fourth-order valence-corrected chi connectivity index (χ4v) is 4.50. The van der Waals surface area contributed by atoms with Crippen LogP contribution >= 0.6 is 11.6 Å². The fraction of sp³-hybridized carbons (Fsp3) is 0.250. The van der Waals surface area contributed by atoms with E-state index in [1.807, 2.05) is 0 Å². The number of aromatic nitrogens is 4. The minimum atomic E-state index is -4.44. The zero-order chi connectivity index (χ0) is 26.6. The van der Waals surface area contributed by atoms with Gasteiger partial charge in [0.05, 0.1) is 40.5 Å². The van der Waals surface area contributed by atoms with Gasteiger partial charge in [-0.1, -0.05) is 17.7 Å². The first-order valence-electron chi connectivity index (χ1n) is 10.9. The lowest BCUT2D eigenvalue weighted by Gasteiger charge is -2.16. The lowest BCUT2D eigenvalue weighted by Crippen LogP contribution is -2.16. The molecule has 2 unspecified atom stereocenters. The Morgan fingerprint density at radius 3 is 2.73 bits per heavy atom. The summed E-state index contributed by atoms with van der Waals surface area (Å²) in [5.74, 6) is -2.87. The second-order valence-corrected chi connectivity index (χ2v) is 8.95. The predicted octanol–water partition coefficient (Wildman–Crippen LogP) is 5.12. The number of benzene rings is 2. The average molecular weight is 533 g/mol. The molecule has 37 heavy (non-hydrogen) atoms. The number of fused-ring (bicyclic) bond motifs is 1. The van der Waals surface area contributed by atoms with E-state index in [2.05, 4.69) is 20.1 Å². The van der Waals surface area contributed by atoms with Crippen LogP contribution in [0.5, 0.6) is 5.75 Å². The minimum absolute atomic E-state index is 0.0439. The Hall–Kier alpha value is -3.95. The minimum Gasteiger partial charge on any atom is -0.501 e. The molecule has 2 heterocycles. The summed E-state index contributed by atoms with van der Waals surface area (Å²) in [5.41, 5.74) is 6.22. The Balaban J connectivity index is 1.68. The number of H-pyrrole nitrogens is 1. The smallest absolute Gasteiger partial charge is 0.395 e. The van der Waals surface area contributed by atoms with Crippen LogP contribution in [0.25, 0.3) is 38.0 Å². The lowest BCUT2D eigenvalue weighted by atomic mass is 9.97. The number of aromatic amines is 1. The van der Waals surface area contributed by atoms with Gasteiger partial charge in [-0.25, -0.2) is 14.3 Å². The standard InChI is InChI=1S/C24H17ClF4N6O2/c1-31-21-18(37-17-6-14(17)24(27,28)29)7-15(25)20(26)19(21)22-13(9-32-35(22)2)10-3-4-11-12(5-10)16(8-30)33-34-23(11)36/h3-5,7,9,14,17H,6,8,30H2,2H3,(H,34,36). The Kier molecular flexibility index (Phi) is 5.92. The van der Waals surface area contributed by atoms with Crippen molar-refractivity contribution in [2.24, 2.45) is 18.7 Å². The highest BCUT2D eigenvalue weighted by atomic mass is 35.5. The first-order valence-corrected chi connectivity index (χ1v) is 11.3. The lowest BCUT2D eigenvalue weighted by molar-refractivity contribution is -0.153. The molecule has 2 aromatic heterocycles. The van der Waals surface area contributed by atoms with Crippen LogP contribution in [-0.2, 0) is 13.6 Å². The molecule has 1 saturated carbocycles. The summed E-state index contributed by atoms with van der Waals surface area (Å²) < 4.78 is 61.4. The van der Waals surface area contributed by atoms with Crippen molar-refractivity contribution >= 4 is 28.1 Å². The number of hydrogen-bond acceptors (Lipinski definition) is 5. The van der Waals surface area contributed by atoms with Crippen molar-refractivity contribution < 1.29 is 22.3 Å². The van der Waals surface area contributed by atoms with Crippen molar-refractivity contribution in [3.8, 4) is 28.1 Å². The van der Waals surface area contributed by atoms with E-state index in [9.17, 15) is 18.0 Å². The molecular formula is C24H17ClF4N6O2. The molecule has 0 bridgehead atoms. The van der Waals surface area contributed by atoms with Crippen LogP contribution in [0.15, 0.2) is 35.3 Å². The molecule has 2 aromatic carbocycles. The second-order valence-electron chi connectivity index (χ2n) is 8.54. The molecule has 13 heteroatoms. The summed E-state index contributed by atoms with van der Waals surface area (Å²) in [7, 11) is 1.52. The number of hydrogen-bond donors (Lipinski definition) is 2. The number of nitrogens with one attached hydrogen (secondary N) is 1. The van der Waals surface area contributed by atoms with Gasteiger partial charge in [-0.15, -0.1) is 0 Å². The molecule has 0 aliphatic heterocycles. The van der Waals surface area contributed by atoms with E-state index in [0.29, 0.717) is 27.6 Å². The predicted molar refractivity (Wildman–Crippen MR) is 128 cm³/mol. The molecule has 1 aliphatic carbocycles. The molecule has 2 atom stereocenters. The van der Waals surface area contributed by atoms with Crippen LogP contribution < -0.4 is 16.0 Å². The van der Waals surface area contributed by atoms with Crippen molar-refractivity contribution in [1.29, 1.82) is 0 Å². The molecule has 3 N–H and O–H groups in total. The van der Waals surface area contributed by atoms with Gasteiger partial charge in [0.2, 0.25) is 5.69 Å². The molecular weight excluding hydrogens is 516 g/mol. The number of aryl methyl sites for hydroxylation is 1. The van der Waals surface area contributed by atoms with Crippen molar-refractivity contribution in [3.05, 3.63) is 68.8 Å². The molecule has 0 amide bonds. The topological polar surface area (TPSA) is 103 Å². The molecule has 1 aliphatic rings. The Labute approximate surface area is 211 Å². The third-order valence-electron chi connectivity index (χ3n) is 6.25. The van der Waals surface area contributed by atoms with Gasteiger partial charge in [-0.05, 0) is 30.2 Å². The molecule has 8 nitrogen and oxygen atoms in total. The van der Waals surface area contributed by atoms with Gasteiger partial charge in [0.15, 0.2) is 0 Å². The number of rotatable bonds is 5. The van der Waals surface area contributed by atoms with Crippen molar-refractivity contribution in [1.82, 2.24) is 20.0 Å². The molecule has 4 aromatic rings. The van der Waals surface area contributed by atoms with Crippen molar-refractivity contribution in [2.45, 2.75) is 25.2 Å². The molecule has 0 saturated heterocycles. The first kappa shape index (κ1) is 24.7. The Morgan fingerprint density at radius 2 is 2.08 bits per heavy atom. The highest BCUT2D eigenvalue weighted by Crippen LogP contribution is 2.51. The molecule has 5 rings (SSSR count). The van der Waals surface area contributed by atoms with E-state index in [-0.39, 0.29) is 35.7 Å². The number of ether oxygens (including phenoxy) is 1. The summed E-state index contributed by atoms with van der Waals surface area (Å²) in [5, 5.41) is 11.0. The van der Waals surface area contributed by atoms with Crippen LogP contribution in [0.3, 0.4) is 0 Å². The highest BCUT2D eigenvalue weighted by molar-refractivity contribution is 6.31. The van der Waals surface area contributed by atoms with Crippen molar-refractivity contribution in [3.63, 3.8) is 0 Å². The molecule has 190 valence electrons. The normalized spacial score (nSPS) is 17.1. The third-order valence-corrected chi connectivity index (χ3v) is 6.52. The largest absolute Gasteiger partial charge is 0.501 e. The monoisotopic (exact) mass is 532 g/mol. The van der Waals surface area contributed by atoms with E-state index >= 15 is 4.39 Å². The summed E-state index contributed by atoms with van der Waals surface area (Å²) >= 11 is 6.11. The maximum atomic E-state index is 15.5. The highest BCUT2D eigenvalue weighted by Gasteiger charge is 2.57. The van der Waals surface area contributed by atoms with Crippen LogP contribution in [0, 0.1) is 18.3 Å². The van der Waals surface area contributed by atoms with Crippen LogP contribution in [0.2, 0.25) is 5.02 Å². The van der Waals surface area contributed by atoms with E-state index in [1.165, 1.54) is 17.9 Å². The van der Waals surface area contributed by atoms with E-state index < -0.39 is 34.6 Å². The molecule has 1 fully saturated rings. The van der Waals surface area contributed by atoms with Gasteiger partial charge in [-0.3, -0.25) is 9.48 Å². The van der Waals surface area contributed by atoms with Crippen LogP contribution in [-0.4, -0.2) is 32.3 Å². The molecule has 0 radical (unpaired) electrons. The maximum Gasteiger partial charge on any atom is 0.395 e. The van der Waals surface area contributed by atoms with Crippen LogP contribution in [0.1, 0.15) is 12.1 Å². The van der Waals surface area contributed by atoms with Gasteiger partial charge < -0.3 is 10.5 Å². The molecule has 0 spiro atoms. The number of nitrogens with two attached hydrogens (primary N) is 1. The quantitative estimate of drug-likeness (QED) is 0.274. The average Bonchev–Trinajstić information content (AvgIpc) is 3.55. The zero-order valence-corrected chi connectivity index (χ0v) is 19.8. The Morgan fingerprint density at radius 1 is 1.32 bits per heavy atom. The van der Waals surface area contributed by atoms with E-state index in [1.54, 1.807) is 18.2 Å². The van der Waals surface area contributed by atoms with Gasteiger partial charge in [-0.2, -0.15) is 23.4 Å². The van der Waals surface area contributed by atoms with Gasteiger partial charge in [0.25, 0.3) is 5.56 Å². The van der Waals surface area contributed by atoms with Gasteiger partial charge in [0.1, 0.15) is 17.7 Å². The van der Waals surface area contributed by atoms with E-state index in [4.69, 9.17) is 28.6 Å². The second kappa shape index (κ2) is 8.86. The summed E-state index contributed by atoms with van der Waals surface area (Å²) in [4.78, 5) is 15.6. The zero-order valence-electron chi connectivity index (χ0n) is 19.0. The van der Waals surface area contributed by atoms with Gasteiger partial charge >= 0.3 is 6.18 Å². The summed E-state index contributed by atoms with van der Waals surface area (Å²) in [6.45, 7) is 7.73. The number of nitrogens with zero attached hydrogens (tertiary/aromatic N) is 4. The maximum absolute atomic E-state index is 15.5. The van der Waals surface area contributed by atoms with Gasteiger partial charge in [0, 0.05) is 30.1 Å². The van der Waals surface area contributed by atoms with Crippen molar-refractivity contribution in [2.75, 3.05) is 0 Å². The number of halogens is 5.